The third kappa shape index (κ3) is 7.38. The van der Waals surface area contributed by atoms with Gasteiger partial charge in [0, 0.05) is 37.4 Å². The Hall–Kier alpha value is -5.75. The molecule has 3 nitrogen and oxygen atoms in total. The van der Waals surface area contributed by atoms with Gasteiger partial charge in [-0.1, -0.05) is 119 Å². The van der Waals surface area contributed by atoms with Gasteiger partial charge in [-0.3, -0.25) is 16.3 Å². The van der Waals surface area contributed by atoms with E-state index < -0.39 is 0 Å². The molecule has 0 aliphatic carbocycles. The number of fused-ring (bicyclic) bond motifs is 2. The van der Waals surface area contributed by atoms with E-state index >= 15 is 0 Å². The van der Waals surface area contributed by atoms with Gasteiger partial charge in [0.05, 0.1) is 22.5 Å². The molecule has 55 heavy (non-hydrogen) atoms. The van der Waals surface area contributed by atoms with Gasteiger partial charge < -0.3 is 9.55 Å². The summed E-state index contributed by atoms with van der Waals surface area (Å²) in [6, 6.07) is 60.2. The zero-order valence-electron chi connectivity index (χ0n) is 29.8. The first kappa shape index (κ1) is 36.2. The molecule has 1 radical (unpaired) electrons. The molecular weight excluding hydrogens is 887 g/mol. The van der Waals surface area contributed by atoms with E-state index in [2.05, 4.69) is 160 Å². The summed E-state index contributed by atoms with van der Waals surface area (Å²) in [7, 11) is 0. The molecule has 4 heterocycles. The van der Waals surface area contributed by atoms with E-state index in [4.69, 9.17) is 4.98 Å². The van der Waals surface area contributed by atoms with Gasteiger partial charge in [0.25, 0.3) is 0 Å². The van der Waals surface area contributed by atoms with Crippen LogP contribution in [-0.4, -0.2) is 14.5 Å². The first-order chi connectivity index (χ1) is 26.7. The summed E-state index contributed by atoms with van der Waals surface area (Å²) < 4.78 is 3.58. The summed E-state index contributed by atoms with van der Waals surface area (Å²) in [6.45, 7) is 2.18. The molecule has 6 aromatic carbocycles. The van der Waals surface area contributed by atoms with E-state index in [-0.39, 0.29) is 20.1 Å². The molecule has 6 heteroatoms. The quantitative estimate of drug-likeness (QED) is 0.156. The van der Waals surface area contributed by atoms with Gasteiger partial charge in [-0.15, -0.1) is 41.3 Å². The Morgan fingerprint density at radius 1 is 0.636 bits per heavy atom. The maximum absolute atomic E-state index is 5.31. The van der Waals surface area contributed by atoms with Crippen LogP contribution in [0.5, 0.6) is 0 Å². The summed E-state index contributed by atoms with van der Waals surface area (Å²) in [5.41, 5.74) is 14.6. The number of para-hydroxylation sites is 2. The molecule has 267 valence electrons. The monoisotopic (exact) mass is 920 g/mol. The predicted molar refractivity (Wildman–Crippen MR) is 228 cm³/mol. The zero-order valence-corrected chi connectivity index (χ0v) is 33.8. The number of aromatic nitrogens is 3. The van der Waals surface area contributed by atoms with Crippen molar-refractivity contribution in [1.29, 1.82) is 0 Å². The topological polar surface area (TPSA) is 30.7 Å². The molecule has 0 N–H and O–H groups in total. The first-order valence-corrected chi connectivity index (χ1v) is 19.6. The second-order valence-electron chi connectivity index (χ2n) is 13.0. The van der Waals surface area contributed by atoms with Gasteiger partial charge in [0.2, 0.25) is 0 Å². The van der Waals surface area contributed by atoms with Crippen molar-refractivity contribution in [2.24, 2.45) is 0 Å². The fraction of sp³-hybridized carbons (Fsp3) is 0.0204. The molecule has 0 spiro atoms. The van der Waals surface area contributed by atoms with Gasteiger partial charge in [0.1, 0.15) is 0 Å². The minimum absolute atomic E-state index is 0. The molecule has 0 fully saturated rings. The largest absolute Gasteiger partial charge is 0.332 e. The van der Waals surface area contributed by atoms with Gasteiger partial charge in [-0.2, -0.15) is 11.3 Å². The summed E-state index contributed by atoms with van der Waals surface area (Å²) in [5, 5.41) is 9.18. The predicted octanol–water partition coefficient (Wildman–Crippen LogP) is 13.6. The number of thiophene rings is 2. The Bertz CT molecular complexity index is 2710. The van der Waals surface area contributed by atoms with Crippen molar-refractivity contribution in [2.75, 3.05) is 0 Å². The van der Waals surface area contributed by atoms with Crippen molar-refractivity contribution in [3.8, 4) is 61.7 Å². The molecule has 0 amide bonds. The van der Waals surface area contributed by atoms with Gasteiger partial charge in [-0.05, 0) is 87.6 Å². The summed E-state index contributed by atoms with van der Waals surface area (Å²) in [4.78, 5) is 9.52. The van der Waals surface area contributed by atoms with Gasteiger partial charge in [0.15, 0.2) is 0 Å². The summed E-state index contributed by atoms with van der Waals surface area (Å²) in [6.07, 6.45) is 1.79. The number of benzene rings is 6. The maximum Gasteiger partial charge on any atom is 0.0774 e. The number of hydrogen-bond donors (Lipinski definition) is 0. The van der Waals surface area contributed by atoms with Crippen molar-refractivity contribution < 1.29 is 20.1 Å². The van der Waals surface area contributed by atoms with Crippen LogP contribution >= 0.6 is 22.7 Å². The Kier molecular flexibility index (Phi) is 10.8. The van der Waals surface area contributed by atoms with Crippen molar-refractivity contribution >= 4 is 43.8 Å². The van der Waals surface area contributed by atoms with E-state index in [9.17, 15) is 0 Å². The van der Waals surface area contributed by atoms with Crippen LogP contribution in [-0.2, 0) is 20.1 Å². The Morgan fingerprint density at radius 3 is 2.02 bits per heavy atom. The van der Waals surface area contributed by atoms with Crippen LogP contribution in [0.1, 0.15) is 5.56 Å². The molecule has 0 aliphatic heterocycles. The van der Waals surface area contributed by atoms with E-state index in [1.165, 1.54) is 49.0 Å². The van der Waals surface area contributed by atoms with Crippen LogP contribution in [0.2, 0.25) is 0 Å². The van der Waals surface area contributed by atoms with Crippen LogP contribution in [0.25, 0.3) is 82.8 Å². The zero-order chi connectivity index (χ0) is 36.3. The van der Waals surface area contributed by atoms with Crippen molar-refractivity contribution in [1.82, 2.24) is 14.5 Å². The van der Waals surface area contributed by atoms with E-state index in [0.29, 0.717) is 0 Å². The standard InChI is InChI=1S/C38H25N2S2.C11H8N.Ir/c1-25-20-30(26-10-4-2-5-11-26)37(31(21-25)27-12-6-3-7-13-27)40-35-15-9-8-14-34(35)39-38(40)33-24-42-36-17-16-28(22-32(33)36)29-18-19-41-23-29;1-2-6-10(7-3-1)11-8-4-5-9-12-11;/h2-23H,1H3;1-6,8-9H;/q2*-1;. The fourth-order valence-electron chi connectivity index (χ4n) is 6.94. The Balaban J connectivity index is 0.000000280. The van der Waals surface area contributed by atoms with Crippen molar-refractivity contribution in [3.05, 3.63) is 198 Å². The molecule has 0 saturated carbocycles. The molecule has 0 bridgehead atoms. The first-order valence-electron chi connectivity index (χ1n) is 17.8. The van der Waals surface area contributed by atoms with E-state index in [0.717, 1.165) is 39.4 Å². The molecule has 0 unspecified atom stereocenters. The number of rotatable bonds is 6. The number of aryl methyl sites for hydroxylation is 1. The van der Waals surface area contributed by atoms with Gasteiger partial charge in [-0.25, -0.2) is 0 Å². The van der Waals surface area contributed by atoms with E-state index in [1.807, 2.05) is 42.5 Å². The molecular formula is C49H33IrN3S2-2. The van der Waals surface area contributed by atoms with Crippen molar-refractivity contribution in [3.63, 3.8) is 0 Å². The van der Waals surface area contributed by atoms with Crippen LogP contribution in [0.3, 0.4) is 0 Å². The molecule has 10 rings (SSSR count). The molecule has 4 aromatic heterocycles. The average molecular weight is 920 g/mol. The number of pyridine rings is 1. The average Bonchev–Trinajstić information content (AvgIpc) is 4.02. The molecule has 10 aromatic rings. The SMILES string of the molecule is Cc1cc(-c2ccccc2)c(-n2c(-c3[c-]sc4ccc(-c5ccsc5)cc34)nc3ccccc32)c(-c2ccccc2)c1.[Ir].[c-]1ccccc1-c1ccccn1. The van der Waals surface area contributed by atoms with Crippen LogP contribution < -0.4 is 0 Å². The Labute approximate surface area is 342 Å². The third-order valence-electron chi connectivity index (χ3n) is 9.45. The number of hydrogen-bond acceptors (Lipinski definition) is 4. The van der Waals surface area contributed by atoms with Crippen LogP contribution in [0.15, 0.2) is 181 Å². The fourth-order valence-corrected chi connectivity index (χ4v) is 8.43. The normalized spacial score (nSPS) is 10.9. The van der Waals surface area contributed by atoms with E-state index in [1.54, 1.807) is 28.9 Å². The minimum atomic E-state index is 0. The van der Waals surface area contributed by atoms with Crippen LogP contribution in [0.4, 0.5) is 0 Å². The molecule has 0 atom stereocenters. The second kappa shape index (κ2) is 16.3. The van der Waals surface area contributed by atoms with Crippen LogP contribution in [0, 0.1) is 18.4 Å². The molecule has 0 aliphatic rings. The maximum atomic E-state index is 5.31. The van der Waals surface area contributed by atoms with Gasteiger partial charge >= 0.3 is 0 Å². The summed E-state index contributed by atoms with van der Waals surface area (Å²) >= 11 is 3.38. The summed E-state index contributed by atoms with van der Waals surface area (Å²) in [5.74, 6) is 0.906. The Morgan fingerprint density at radius 2 is 1.35 bits per heavy atom. The van der Waals surface area contributed by atoms with Crippen molar-refractivity contribution in [2.45, 2.75) is 6.92 Å². The minimum Gasteiger partial charge on any atom is -0.332 e. The second-order valence-corrected chi connectivity index (χ2v) is 14.6. The number of nitrogens with zero attached hydrogens (tertiary/aromatic N) is 3. The molecule has 0 saturated heterocycles. The smallest absolute Gasteiger partial charge is 0.0774 e. The number of imidazole rings is 1. The third-order valence-corrected chi connectivity index (χ3v) is 11.0.